The van der Waals surface area contributed by atoms with Gasteiger partial charge in [-0.05, 0) is 6.08 Å². The summed E-state index contributed by atoms with van der Waals surface area (Å²) in [6.45, 7) is 3.30. The predicted octanol–water partition coefficient (Wildman–Crippen LogP) is -0.124. The molecule has 2 rings (SSSR count). The van der Waals surface area contributed by atoms with Gasteiger partial charge in [-0.2, -0.15) is 0 Å². The largest absolute Gasteiger partial charge is 0.509 e. The Morgan fingerprint density at radius 3 is 1.75 bits per heavy atom. The first-order valence-electron chi connectivity index (χ1n) is 6.98. The summed E-state index contributed by atoms with van der Waals surface area (Å²) >= 11 is 0. The highest BCUT2D eigenvalue weighted by Gasteiger charge is 2.50. The van der Waals surface area contributed by atoms with E-state index in [1.54, 1.807) is 0 Å². The smallest absolute Gasteiger partial charge is 0.331 e. The fraction of sp³-hybridized carbons (Fsp3) is 0.400. The maximum absolute atomic E-state index is 11.6. The Hall–Kier alpha value is -2.65. The molecule has 2 N–H and O–H groups in total. The van der Waals surface area contributed by atoms with Crippen LogP contribution in [0.25, 0.3) is 0 Å². The maximum atomic E-state index is 11.6. The van der Waals surface area contributed by atoms with Crippen LogP contribution in [-0.4, -0.2) is 65.8 Å². The monoisotopic (exact) mass is 340 g/mol. The standard InChI is InChI=1S/C15H16O9/c1-8(16)2-4-12(19)23-9-6-21-15-10(7-22-14(9)15)24-13(20)5-3-11(17)18/h2-5,9-10,14-16H,1,6-7H2,(H,17,18)/b4-2-,5-3-/t9-,10-,14-,15-/m1/s1. The molecule has 2 saturated heterocycles. The van der Waals surface area contributed by atoms with E-state index in [1.165, 1.54) is 0 Å². The number of ether oxygens (including phenoxy) is 4. The van der Waals surface area contributed by atoms with E-state index in [-0.39, 0.29) is 19.0 Å². The van der Waals surface area contributed by atoms with Crippen LogP contribution in [0.5, 0.6) is 0 Å². The van der Waals surface area contributed by atoms with Crippen molar-refractivity contribution in [1.82, 2.24) is 0 Å². The number of fused-ring (bicyclic) bond motifs is 1. The zero-order chi connectivity index (χ0) is 17.7. The Bertz CT molecular complexity index is 540. The lowest BCUT2D eigenvalue weighted by Gasteiger charge is -2.16. The number of carboxylic acid groups (broad SMARTS) is 1. The number of esters is 2. The summed E-state index contributed by atoms with van der Waals surface area (Å²) in [7, 11) is 0. The number of rotatable bonds is 6. The van der Waals surface area contributed by atoms with Gasteiger partial charge >= 0.3 is 17.9 Å². The van der Waals surface area contributed by atoms with Crippen LogP contribution in [0.4, 0.5) is 0 Å². The number of aliphatic hydroxyl groups excluding tert-OH is 1. The van der Waals surface area contributed by atoms with Crippen molar-refractivity contribution in [3.05, 3.63) is 36.6 Å². The molecule has 0 aromatic rings. The maximum Gasteiger partial charge on any atom is 0.331 e. The number of hydrogen-bond donors (Lipinski definition) is 2. The number of aliphatic hydroxyl groups is 1. The number of aliphatic carboxylic acids is 1. The Morgan fingerprint density at radius 1 is 0.875 bits per heavy atom. The van der Waals surface area contributed by atoms with Crippen LogP contribution >= 0.6 is 0 Å². The van der Waals surface area contributed by atoms with Gasteiger partial charge in [-0.3, -0.25) is 0 Å². The van der Waals surface area contributed by atoms with Crippen molar-refractivity contribution in [2.45, 2.75) is 24.4 Å². The van der Waals surface area contributed by atoms with Gasteiger partial charge in [0, 0.05) is 18.2 Å². The lowest BCUT2D eigenvalue weighted by molar-refractivity contribution is -0.149. The Balaban J connectivity index is 1.87. The minimum absolute atomic E-state index is 0.0410. The lowest BCUT2D eigenvalue weighted by atomic mass is 10.1. The third-order valence-corrected chi connectivity index (χ3v) is 3.27. The molecule has 0 aromatic carbocycles. The fourth-order valence-electron chi connectivity index (χ4n) is 2.31. The normalized spacial score (nSPS) is 28.8. The molecule has 0 amide bonds. The summed E-state index contributed by atoms with van der Waals surface area (Å²) in [5.41, 5.74) is 0. The van der Waals surface area contributed by atoms with Crippen LogP contribution in [0.2, 0.25) is 0 Å². The van der Waals surface area contributed by atoms with Crippen LogP contribution in [-0.2, 0) is 33.3 Å². The lowest BCUT2D eigenvalue weighted by Crippen LogP contribution is -2.35. The van der Waals surface area contributed by atoms with E-state index in [9.17, 15) is 14.4 Å². The van der Waals surface area contributed by atoms with Crippen molar-refractivity contribution in [2.24, 2.45) is 0 Å². The average molecular weight is 340 g/mol. The Morgan fingerprint density at radius 2 is 1.33 bits per heavy atom. The highest BCUT2D eigenvalue weighted by atomic mass is 16.7. The molecule has 0 aliphatic carbocycles. The Kier molecular flexibility index (Phi) is 5.72. The zero-order valence-electron chi connectivity index (χ0n) is 12.5. The van der Waals surface area contributed by atoms with Gasteiger partial charge in [0.1, 0.15) is 18.0 Å². The van der Waals surface area contributed by atoms with Crippen LogP contribution in [0.15, 0.2) is 36.6 Å². The highest BCUT2D eigenvalue weighted by molar-refractivity contribution is 5.90. The van der Waals surface area contributed by atoms with Gasteiger partial charge in [0.2, 0.25) is 0 Å². The van der Waals surface area contributed by atoms with Gasteiger partial charge in [-0.25, -0.2) is 14.4 Å². The molecular formula is C15H16O9. The molecule has 24 heavy (non-hydrogen) atoms. The molecule has 9 heteroatoms. The second kappa shape index (κ2) is 7.75. The van der Waals surface area contributed by atoms with E-state index in [0.717, 1.165) is 18.2 Å². The molecule has 0 aromatic heterocycles. The second-order valence-electron chi connectivity index (χ2n) is 5.04. The van der Waals surface area contributed by atoms with E-state index in [2.05, 4.69) is 6.58 Å². The molecule has 130 valence electrons. The number of carbonyl (C=O) groups excluding carboxylic acids is 2. The summed E-state index contributed by atoms with van der Waals surface area (Å²) in [6.07, 6.45) is 0.937. The van der Waals surface area contributed by atoms with Crippen LogP contribution in [0.1, 0.15) is 0 Å². The van der Waals surface area contributed by atoms with Gasteiger partial charge in [-0.1, -0.05) is 6.58 Å². The van der Waals surface area contributed by atoms with Crippen LogP contribution in [0.3, 0.4) is 0 Å². The molecule has 0 spiro atoms. The average Bonchev–Trinajstić information content (AvgIpc) is 3.07. The molecule has 2 aliphatic heterocycles. The molecule has 0 saturated carbocycles. The second-order valence-corrected chi connectivity index (χ2v) is 5.04. The summed E-state index contributed by atoms with van der Waals surface area (Å²) in [4.78, 5) is 33.4. The number of allylic oxidation sites excluding steroid dienone is 1. The van der Waals surface area contributed by atoms with E-state index in [1.807, 2.05) is 0 Å². The van der Waals surface area contributed by atoms with Crippen molar-refractivity contribution < 1.29 is 43.5 Å². The summed E-state index contributed by atoms with van der Waals surface area (Å²) in [5, 5.41) is 17.3. The van der Waals surface area contributed by atoms with Gasteiger partial charge in [0.05, 0.1) is 13.2 Å². The summed E-state index contributed by atoms with van der Waals surface area (Å²) < 4.78 is 21.1. The predicted molar refractivity (Wildman–Crippen MR) is 76.9 cm³/mol. The minimum atomic E-state index is -1.27. The molecule has 2 aliphatic rings. The van der Waals surface area contributed by atoms with Crippen molar-refractivity contribution in [3.8, 4) is 0 Å². The van der Waals surface area contributed by atoms with Gasteiger partial charge in [0.25, 0.3) is 0 Å². The zero-order valence-corrected chi connectivity index (χ0v) is 12.5. The number of carboxylic acids is 1. The molecule has 0 bridgehead atoms. The molecule has 9 nitrogen and oxygen atoms in total. The van der Waals surface area contributed by atoms with Crippen LogP contribution in [0, 0.1) is 0 Å². The van der Waals surface area contributed by atoms with Gasteiger partial charge < -0.3 is 29.2 Å². The molecular weight excluding hydrogens is 324 g/mol. The fourth-order valence-corrected chi connectivity index (χ4v) is 2.31. The summed E-state index contributed by atoms with van der Waals surface area (Å²) in [5.74, 6) is -3.09. The topological polar surface area (TPSA) is 129 Å². The van der Waals surface area contributed by atoms with E-state index in [0.29, 0.717) is 6.08 Å². The third-order valence-electron chi connectivity index (χ3n) is 3.27. The first-order valence-corrected chi connectivity index (χ1v) is 6.98. The molecule has 2 fully saturated rings. The van der Waals surface area contributed by atoms with Crippen molar-refractivity contribution in [1.29, 1.82) is 0 Å². The third kappa shape index (κ3) is 4.67. The molecule has 0 unspecified atom stereocenters. The minimum Gasteiger partial charge on any atom is -0.509 e. The Labute approximate surface area is 136 Å². The van der Waals surface area contributed by atoms with Gasteiger partial charge in [-0.15, -0.1) is 0 Å². The number of hydrogen-bond acceptors (Lipinski definition) is 8. The van der Waals surface area contributed by atoms with E-state index in [4.69, 9.17) is 29.2 Å². The van der Waals surface area contributed by atoms with Gasteiger partial charge in [0.15, 0.2) is 12.2 Å². The van der Waals surface area contributed by atoms with E-state index >= 15 is 0 Å². The molecule has 4 atom stereocenters. The first kappa shape index (κ1) is 17.7. The van der Waals surface area contributed by atoms with Crippen LogP contribution < -0.4 is 0 Å². The number of carbonyl (C=O) groups is 3. The van der Waals surface area contributed by atoms with Crippen molar-refractivity contribution in [2.75, 3.05) is 13.2 Å². The first-order chi connectivity index (χ1) is 11.4. The highest BCUT2D eigenvalue weighted by Crippen LogP contribution is 2.30. The quantitative estimate of drug-likeness (QED) is 0.294. The van der Waals surface area contributed by atoms with E-state index < -0.39 is 42.3 Å². The molecule has 0 radical (unpaired) electrons. The summed E-state index contributed by atoms with van der Waals surface area (Å²) in [6, 6.07) is 0. The van der Waals surface area contributed by atoms with Crippen molar-refractivity contribution >= 4 is 17.9 Å². The molecule has 2 heterocycles. The van der Waals surface area contributed by atoms with Crippen molar-refractivity contribution in [3.63, 3.8) is 0 Å². The SMILES string of the molecule is C=C(O)/C=C\C(=O)O[C@@H]1CO[C@H]2[C@@H]1OC[C@H]2OC(=O)/C=C\C(=O)O.